The average molecular weight is 348 g/mol. The SMILES string of the molecule is CCOC(=O)CCCCC1(c2ccccc2)C(=O)NC(=S)NC1=O. The first-order valence-corrected chi connectivity index (χ1v) is 8.29. The molecule has 1 aromatic carbocycles. The molecular weight excluding hydrogens is 328 g/mol. The third kappa shape index (κ3) is 3.79. The fraction of sp³-hybridized carbons (Fsp3) is 0.412. The maximum absolute atomic E-state index is 12.6. The van der Waals surface area contributed by atoms with Crippen molar-refractivity contribution >= 4 is 35.1 Å². The highest BCUT2D eigenvalue weighted by atomic mass is 32.1. The van der Waals surface area contributed by atoms with Gasteiger partial charge in [-0.25, -0.2) is 0 Å². The summed E-state index contributed by atoms with van der Waals surface area (Å²) in [7, 11) is 0. The zero-order chi connectivity index (χ0) is 17.6. The highest BCUT2D eigenvalue weighted by Crippen LogP contribution is 2.32. The van der Waals surface area contributed by atoms with Crippen molar-refractivity contribution < 1.29 is 19.1 Å². The predicted octanol–water partition coefficient (Wildman–Crippen LogP) is 1.58. The molecule has 2 N–H and O–H groups in total. The Morgan fingerprint density at radius 2 is 1.75 bits per heavy atom. The van der Waals surface area contributed by atoms with E-state index in [-0.39, 0.29) is 23.9 Å². The van der Waals surface area contributed by atoms with Gasteiger partial charge >= 0.3 is 5.97 Å². The van der Waals surface area contributed by atoms with E-state index in [0.29, 0.717) is 25.0 Å². The van der Waals surface area contributed by atoms with Crippen LogP contribution in [0.25, 0.3) is 0 Å². The van der Waals surface area contributed by atoms with Gasteiger partial charge in [-0.15, -0.1) is 0 Å². The lowest BCUT2D eigenvalue weighted by Crippen LogP contribution is -2.64. The molecule has 0 unspecified atom stereocenters. The van der Waals surface area contributed by atoms with Gasteiger partial charge in [0.05, 0.1) is 6.61 Å². The number of thiocarbonyl (C=S) groups is 1. The van der Waals surface area contributed by atoms with Crippen LogP contribution in [0.5, 0.6) is 0 Å². The lowest BCUT2D eigenvalue weighted by molar-refractivity contribution is -0.143. The zero-order valence-corrected chi connectivity index (χ0v) is 14.3. The molecule has 6 nitrogen and oxygen atoms in total. The molecule has 0 aliphatic carbocycles. The van der Waals surface area contributed by atoms with Gasteiger partial charge in [-0.3, -0.25) is 14.4 Å². The number of hydrogen-bond acceptors (Lipinski definition) is 5. The van der Waals surface area contributed by atoms with E-state index in [1.807, 2.05) is 6.07 Å². The number of carbonyl (C=O) groups is 3. The van der Waals surface area contributed by atoms with Gasteiger partial charge in [-0.05, 0) is 37.5 Å². The Labute approximate surface area is 145 Å². The molecule has 24 heavy (non-hydrogen) atoms. The summed E-state index contributed by atoms with van der Waals surface area (Å²) >= 11 is 4.89. The number of esters is 1. The van der Waals surface area contributed by atoms with Crippen molar-refractivity contribution in [1.29, 1.82) is 0 Å². The number of rotatable bonds is 7. The maximum atomic E-state index is 12.6. The summed E-state index contributed by atoms with van der Waals surface area (Å²) in [4.78, 5) is 36.7. The minimum atomic E-state index is -1.34. The van der Waals surface area contributed by atoms with Crippen molar-refractivity contribution in [3.8, 4) is 0 Å². The monoisotopic (exact) mass is 348 g/mol. The number of ether oxygens (including phenoxy) is 1. The molecule has 1 heterocycles. The minimum Gasteiger partial charge on any atom is -0.466 e. The highest BCUT2D eigenvalue weighted by Gasteiger charge is 2.50. The van der Waals surface area contributed by atoms with Gasteiger partial charge in [0.15, 0.2) is 10.5 Å². The first kappa shape index (κ1) is 18.1. The number of unbranched alkanes of at least 4 members (excludes halogenated alkanes) is 1. The van der Waals surface area contributed by atoms with Crippen LogP contribution >= 0.6 is 12.2 Å². The fourth-order valence-electron chi connectivity index (χ4n) is 2.80. The van der Waals surface area contributed by atoms with Crippen LogP contribution < -0.4 is 10.6 Å². The van der Waals surface area contributed by atoms with Crippen molar-refractivity contribution in [3.05, 3.63) is 35.9 Å². The number of benzene rings is 1. The van der Waals surface area contributed by atoms with E-state index in [0.717, 1.165) is 0 Å². The molecule has 0 spiro atoms. The van der Waals surface area contributed by atoms with E-state index in [9.17, 15) is 14.4 Å². The molecule has 128 valence electrons. The van der Waals surface area contributed by atoms with E-state index in [1.165, 1.54) is 0 Å². The lowest BCUT2D eigenvalue weighted by Gasteiger charge is -2.35. The smallest absolute Gasteiger partial charge is 0.305 e. The molecule has 0 atom stereocenters. The third-order valence-corrected chi connectivity index (χ3v) is 4.19. The van der Waals surface area contributed by atoms with Crippen LogP contribution in [0.15, 0.2) is 30.3 Å². The molecule has 0 radical (unpaired) electrons. The highest BCUT2D eigenvalue weighted by molar-refractivity contribution is 7.80. The van der Waals surface area contributed by atoms with Crippen LogP contribution in [0.2, 0.25) is 0 Å². The topological polar surface area (TPSA) is 84.5 Å². The molecule has 1 aromatic rings. The Morgan fingerprint density at radius 3 is 2.33 bits per heavy atom. The summed E-state index contributed by atoms with van der Waals surface area (Å²) < 4.78 is 4.89. The van der Waals surface area contributed by atoms with Crippen LogP contribution in [0.3, 0.4) is 0 Å². The number of hydrogen-bond donors (Lipinski definition) is 2. The van der Waals surface area contributed by atoms with Crippen molar-refractivity contribution in [2.24, 2.45) is 0 Å². The normalized spacial score (nSPS) is 16.3. The Balaban J connectivity index is 2.16. The van der Waals surface area contributed by atoms with E-state index in [2.05, 4.69) is 10.6 Å². The van der Waals surface area contributed by atoms with Crippen molar-refractivity contribution in [1.82, 2.24) is 10.6 Å². The van der Waals surface area contributed by atoms with Gasteiger partial charge in [0, 0.05) is 6.42 Å². The van der Waals surface area contributed by atoms with Crippen LogP contribution in [-0.4, -0.2) is 29.5 Å². The predicted molar refractivity (Wildman–Crippen MR) is 92.1 cm³/mol. The van der Waals surface area contributed by atoms with Gasteiger partial charge in [0.1, 0.15) is 0 Å². The Hall–Kier alpha value is -2.28. The van der Waals surface area contributed by atoms with Gasteiger partial charge in [-0.2, -0.15) is 0 Å². The largest absolute Gasteiger partial charge is 0.466 e. The summed E-state index contributed by atoms with van der Waals surface area (Å²) in [5.41, 5.74) is -0.725. The molecule has 1 aliphatic heterocycles. The maximum Gasteiger partial charge on any atom is 0.305 e. The Bertz CT molecular complexity index is 625. The van der Waals surface area contributed by atoms with Gasteiger partial charge < -0.3 is 15.4 Å². The van der Waals surface area contributed by atoms with E-state index >= 15 is 0 Å². The van der Waals surface area contributed by atoms with Gasteiger partial charge in [0.25, 0.3) is 0 Å². The van der Waals surface area contributed by atoms with Gasteiger partial charge in [0.2, 0.25) is 11.8 Å². The molecule has 0 bridgehead atoms. The molecule has 1 aliphatic rings. The van der Waals surface area contributed by atoms with Crippen molar-refractivity contribution in [2.45, 2.75) is 38.0 Å². The molecule has 1 saturated heterocycles. The lowest BCUT2D eigenvalue weighted by atomic mass is 9.73. The number of nitrogens with one attached hydrogen (secondary N) is 2. The second-order valence-corrected chi connectivity index (χ2v) is 5.93. The quantitative estimate of drug-likeness (QED) is 0.338. The van der Waals surface area contributed by atoms with Crippen LogP contribution in [0.4, 0.5) is 0 Å². The molecule has 7 heteroatoms. The fourth-order valence-corrected chi connectivity index (χ4v) is 2.99. The summed E-state index contributed by atoms with van der Waals surface area (Å²) in [6.07, 6.45) is 1.62. The molecule has 1 fully saturated rings. The first-order chi connectivity index (χ1) is 11.5. The van der Waals surface area contributed by atoms with Crippen molar-refractivity contribution in [2.75, 3.05) is 6.61 Å². The van der Waals surface area contributed by atoms with E-state index in [4.69, 9.17) is 17.0 Å². The summed E-state index contributed by atoms with van der Waals surface area (Å²) in [6.45, 7) is 2.09. The first-order valence-electron chi connectivity index (χ1n) is 7.88. The summed E-state index contributed by atoms with van der Waals surface area (Å²) in [5, 5.41) is 5.09. The van der Waals surface area contributed by atoms with Crippen molar-refractivity contribution in [3.63, 3.8) is 0 Å². The number of carbonyl (C=O) groups excluding carboxylic acids is 3. The standard InChI is InChI=1S/C17H20N2O4S/c1-2-23-13(20)10-6-7-11-17(12-8-4-3-5-9-12)14(21)18-16(24)19-15(17)22/h3-5,8-9H,2,6-7,10-11H2,1H3,(H2,18,19,21,22,24). The average Bonchev–Trinajstić information content (AvgIpc) is 2.55. The molecule has 0 saturated carbocycles. The Morgan fingerprint density at radius 1 is 1.12 bits per heavy atom. The van der Waals surface area contributed by atoms with E-state index < -0.39 is 17.2 Å². The summed E-state index contributed by atoms with van der Waals surface area (Å²) in [6, 6.07) is 8.88. The second-order valence-electron chi connectivity index (χ2n) is 5.52. The number of amides is 2. The molecular formula is C17H20N2O4S. The van der Waals surface area contributed by atoms with E-state index in [1.54, 1.807) is 31.2 Å². The van der Waals surface area contributed by atoms with Crippen LogP contribution in [0.1, 0.15) is 38.2 Å². The van der Waals surface area contributed by atoms with Gasteiger partial charge in [-0.1, -0.05) is 36.8 Å². The molecule has 2 rings (SSSR count). The minimum absolute atomic E-state index is 0.0167. The zero-order valence-electron chi connectivity index (χ0n) is 13.5. The second kappa shape index (κ2) is 8.01. The summed E-state index contributed by atoms with van der Waals surface area (Å²) in [5.74, 6) is -1.14. The molecule has 0 aromatic heterocycles. The molecule has 2 amide bonds. The Kier molecular flexibility index (Phi) is 6.03. The van der Waals surface area contributed by atoms with Crippen LogP contribution in [0, 0.1) is 0 Å². The third-order valence-electron chi connectivity index (χ3n) is 3.98. The van der Waals surface area contributed by atoms with Crippen LogP contribution in [-0.2, 0) is 24.5 Å².